The van der Waals surface area contributed by atoms with Crippen LogP contribution in [-0.2, 0) is 17.8 Å². The zero-order chi connectivity index (χ0) is 22.8. The maximum Gasteiger partial charge on any atom is 0.387 e. The highest BCUT2D eigenvalue weighted by Crippen LogP contribution is 2.30. The lowest BCUT2D eigenvalue weighted by molar-refractivity contribution is -0.131. The first-order chi connectivity index (χ1) is 15.4. The Morgan fingerprint density at radius 1 is 1.22 bits per heavy atom. The lowest BCUT2D eigenvalue weighted by Gasteiger charge is -2.27. The summed E-state index contributed by atoms with van der Waals surface area (Å²) in [5.74, 6) is -0.953. The van der Waals surface area contributed by atoms with Gasteiger partial charge in [-0.3, -0.25) is 9.59 Å². The fraction of sp³-hybridized carbons (Fsp3) is 0.273. The molecule has 2 aromatic carbocycles. The van der Waals surface area contributed by atoms with E-state index in [9.17, 15) is 18.4 Å². The number of ether oxygens (including phenoxy) is 2. The summed E-state index contributed by atoms with van der Waals surface area (Å²) in [5, 5.41) is 4.17. The molecule has 0 atom stereocenters. The quantitative estimate of drug-likeness (QED) is 0.583. The molecule has 0 radical (unpaired) electrons. The Balaban J connectivity index is 1.40. The first-order valence-corrected chi connectivity index (χ1v) is 10.2. The van der Waals surface area contributed by atoms with Crippen LogP contribution in [0.2, 0.25) is 5.02 Å². The van der Waals surface area contributed by atoms with Gasteiger partial charge in [0.2, 0.25) is 5.91 Å². The predicted octanol–water partition coefficient (Wildman–Crippen LogP) is 3.75. The van der Waals surface area contributed by atoms with Crippen molar-refractivity contribution in [3.8, 4) is 11.5 Å². The number of rotatable bonds is 6. The van der Waals surface area contributed by atoms with Gasteiger partial charge in [-0.1, -0.05) is 11.6 Å². The summed E-state index contributed by atoms with van der Waals surface area (Å²) >= 11 is 6.12. The predicted molar refractivity (Wildman–Crippen MR) is 114 cm³/mol. The topological polar surface area (TPSA) is 83.7 Å². The highest BCUT2D eigenvalue weighted by Gasteiger charge is 2.24. The van der Waals surface area contributed by atoms with Gasteiger partial charge in [-0.05, 0) is 36.4 Å². The number of benzene rings is 2. The van der Waals surface area contributed by atoms with Crippen LogP contribution in [0.25, 0.3) is 10.9 Å². The van der Waals surface area contributed by atoms with Crippen LogP contribution >= 0.6 is 11.6 Å². The van der Waals surface area contributed by atoms with Crippen molar-refractivity contribution in [3.05, 3.63) is 58.2 Å². The summed E-state index contributed by atoms with van der Waals surface area (Å²) < 4.78 is 34.3. The largest absolute Gasteiger partial charge is 0.493 e. The number of nitrogens with zero attached hydrogens (tertiary/aromatic N) is 1. The molecule has 32 heavy (non-hydrogen) atoms. The SMILES string of the molecule is COc1cc(C(=O)NCC(=O)N2CCc3[nH]c4ccc(Cl)cc4c3C2)ccc1OC(F)F. The molecular formula is C22H20ClF2N3O4. The van der Waals surface area contributed by atoms with Crippen molar-refractivity contribution < 1.29 is 27.8 Å². The molecule has 3 aromatic rings. The molecular weight excluding hydrogens is 444 g/mol. The Labute approximate surface area is 187 Å². The van der Waals surface area contributed by atoms with E-state index in [1.165, 1.54) is 25.3 Å². The monoisotopic (exact) mass is 463 g/mol. The molecule has 168 valence electrons. The third-order valence-electron chi connectivity index (χ3n) is 5.33. The molecule has 1 aromatic heterocycles. The molecule has 0 aliphatic carbocycles. The van der Waals surface area contributed by atoms with Gasteiger partial charge in [0.1, 0.15) is 0 Å². The van der Waals surface area contributed by atoms with Gasteiger partial charge in [-0.2, -0.15) is 8.78 Å². The molecule has 0 saturated heterocycles. The smallest absolute Gasteiger partial charge is 0.387 e. The number of methoxy groups -OCH3 is 1. The van der Waals surface area contributed by atoms with Crippen LogP contribution in [0.5, 0.6) is 11.5 Å². The molecule has 0 unspecified atom stereocenters. The van der Waals surface area contributed by atoms with E-state index < -0.39 is 12.5 Å². The van der Waals surface area contributed by atoms with Gasteiger partial charge < -0.3 is 24.7 Å². The van der Waals surface area contributed by atoms with Crippen LogP contribution in [0.1, 0.15) is 21.6 Å². The number of carbonyl (C=O) groups excluding carboxylic acids is 2. The number of H-pyrrole nitrogens is 1. The van der Waals surface area contributed by atoms with Gasteiger partial charge >= 0.3 is 6.61 Å². The van der Waals surface area contributed by atoms with E-state index in [1.54, 1.807) is 4.90 Å². The zero-order valence-electron chi connectivity index (χ0n) is 17.1. The molecule has 1 aliphatic heterocycles. The van der Waals surface area contributed by atoms with Crippen molar-refractivity contribution in [2.24, 2.45) is 0 Å². The zero-order valence-corrected chi connectivity index (χ0v) is 17.8. The van der Waals surface area contributed by atoms with Crippen LogP contribution in [0.4, 0.5) is 8.78 Å². The van der Waals surface area contributed by atoms with Gasteiger partial charge in [0, 0.05) is 52.3 Å². The van der Waals surface area contributed by atoms with Crippen molar-refractivity contribution in [2.45, 2.75) is 19.6 Å². The van der Waals surface area contributed by atoms with Crippen molar-refractivity contribution in [2.75, 3.05) is 20.2 Å². The molecule has 10 heteroatoms. The molecule has 0 fully saturated rings. The second-order valence-corrected chi connectivity index (χ2v) is 7.70. The lowest BCUT2D eigenvalue weighted by Crippen LogP contribution is -2.42. The number of aromatic amines is 1. The number of alkyl halides is 2. The molecule has 0 saturated carbocycles. The van der Waals surface area contributed by atoms with Crippen LogP contribution in [0, 0.1) is 0 Å². The summed E-state index contributed by atoms with van der Waals surface area (Å²) in [6.45, 7) is -2.28. The summed E-state index contributed by atoms with van der Waals surface area (Å²) in [6.07, 6.45) is 0.671. The van der Waals surface area contributed by atoms with Crippen LogP contribution in [0.15, 0.2) is 36.4 Å². The van der Waals surface area contributed by atoms with Gasteiger partial charge in [0.15, 0.2) is 11.5 Å². The molecule has 2 N–H and O–H groups in total. The number of amides is 2. The molecule has 4 rings (SSSR count). The molecule has 1 aliphatic rings. The highest BCUT2D eigenvalue weighted by molar-refractivity contribution is 6.31. The van der Waals surface area contributed by atoms with Crippen LogP contribution < -0.4 is 14.8 Å². The van der Waals surface area contributed by atoms with Crippen LogP contribution in [-0.4, -0.2) is 48.5 Å². The number of carbonyl (C=O) groups is 2. The Morgan fingerprint density at radius 2 is 2.03 bits per heavy atom. The third kappa shape index (κ3) is 4.47. The van der Waals surface area contributed by atoms with Crippen molar-refractivity contribution in [1.82, 2.24) is 15.2 Å². The number of hydrogen-bond acceptors (Lipinski definition) is 4. The second-order valence-electron chi connectivity index (χ2n) is 7.26. The van der Waals surface area contributed by atoms with E-state index in [0.29, 0.717) is 24.5 Å². The Hall–Kier alpha value is -3.33. The summed E-state index contributed by atoms with van der Waals surface area (Å²) in [6, 6.07) is 9.41. The van der Waals surface area contributed by atoms with E-state index in [2.05, 4.69) is 15.0 Å². The Morgan fingerprint density at radius 3 is 2.78 bits per heavy atom. The maximum absolute atomic E-state index is 12.7. The van der Waals surface area contributed by atoms with E-state index >= 15 is 0 Å². The summed E-state index contributed by atoms with van der Waals surface area (Å²) in [4.78, 5) is 30.2. The van der Waals surface area contributed by atoms with E-state index in [0.717, 1.165) is 22.2 Å². The highest BCUT2D eigenvalue weighted by atomic mass is 35.5. The first kappa shape index (κ1) is 21.9. The third-order valence-corrected chi connectivity index (χ3v) is 5.57. The average Bonchev–Trinajstić information content (AvgIpc) is 3.14. The summed E-state index contributed by atoms with van der Waals surface area (Å²) in [7, 11) is 1.28. The molecule has 0 bridgehead atoms. The number of halogens is 3. The molecule has 0 spiro atoms. The minimum Gasteiger partial charge on any atom is -0.493 e. The average molecular weight is 464 g/mol. The Kier molecular flexibility index (Phi) is 6.18. The minimum absolute atomic E-state index is 0.00849. The number of aromatic nitrogens is 1. The lowest BCUT2D eigenvalue weighted by atomic mass is 10.0. The normalized spacial score (nSPS) is 13.2. The van der Waals surface area contributed by atoms with Crippen molar-refractivity contribution >= 4 is 34.3 Å². The Bertz CT molecular complexity index is 1180. The van der Waals surface area contributed by atoms with Crippen molar-refractivity contribution in [1.29, 1.82) is 0 Å². The van der Waals surface area contributed by atoms with Crippen molar-refractivity contribution in [3.63, 3.8) is 0 Å². The number of nitrogens with one attached hydrogen (secondary N) is 2. The van der Waals surface area contributed by atoms with Gasteiger partial charge in [-0.15, -0.1) is 0 Å². The maximum atomic E-state index is 12.7. The fourth-order valence-corrected chi connectivity index (χ4v) is 3.94. The second kappa shape index (κ2) is 9.04. The van der Waals surface area contributed by atoms with E-state index in [1.807, 2.05) is 18.2 Å². The minimum atomic E-state index is -3.01. The summed E-state index contributed by atoms with van der Waals surface area (Å²) in [5.41, 5.74) is 3.22. The molecule has 2 heterocycles. The number of hydrogen-bond donors (Lipinski definition) is 2. The first-order valence-electron chi connectivity index (χ1n) is 9.83. The molecule has 7 nitrogen and oxygen atoms in total. The standard InChI is InChI=1S/C22H20ClF2N3O4/c1-31-19-8-12(2-5-18(19)32-22(24)25)21(30)26-10-20(29)28-7-6-17-15(11-28)14-9-13(23)3-4-16(14)27-17/h2-5,8-9,22,27H,6-7,10-11H2,1H3,(H,26,30). The molecule has 2 amide bonds. The number of fused-ring (bicyclic) bond motifs is 3. The van der Waals surface area contributed by atoms with E-state index in [-0.39, 0.29) is 29.5 Å². The van der Waals surface area contributed by atoms with E-state index in [4.69, 9.17) is 16.3 Å². The van der Waals surface area contributed by atoms with Crippen LogP contribution in [0.3, 0.4) is 0 Å². The van der Waals surface area contributed by atoms with Gasteiger partial charge in [0.05, 0.1) is 13.7 Å². The van der Waals surface area contributed by atoms with Gasteiger partial charge in [0.25, 0.3) is 5.91 Å². The fourth-order valence-electron chi connectivity index (χ4n) is 3.77. The van der Waals surface area contributed by atoms with Gasteiger partial charge in [-0.25, -0.2) is 0 Å².